The zero-order valence-corrected chi connectivity index (χ0v) is 8.03. The predicted molar refractivity (Wildman–Crippen MR) is 53.4 cm³/mol. The minimum atomic E-state index is -0.473. The molecule has 0 amide bonds. The first-order valence-electron chi connectivity index (χ1n) is 4.33. The Morgan fingerprint density at radius 2 is 2.21 bits per heavy atom. The van der Waals surface area contributed by atoms with Gasteiger partial charge in [0.15, 0.2) is 0 Å². The van der Waals surface area contributed by atoms with Gasteiger partial charge < -0.3 is 9.47 Å². The average Bonchev–Trinajstić information content (AvgIpc) is 2.19. The zero-order chi connectivity index (χ0) is 10.4. The summed E-state index contributed by atoms with van der Waals surface area (Å²) in [6.07, 6.45) is 1.12. The summed E-state index contributed by atoms with van der Waals surface area (Å²) in [5.41, 5.74) is 0. The first-order valence-corrected chi connectivity index (χ1v) is 4.33. The molecule has 0 bridgehead atoms. The molecule has 14 heavy (non-hydrogen) atoms. The number of rotatable bonds is 4. The largest absolute Gasteiger partial charge is 0.494 e. The Morgan fingerprint density at radius 1 is 1.50 bits per heavy atom. The van der Waals surface area contributed by atoms with Crippen LogP contribution >= 0.6 is 0 Å². The molecule has 0 atom stereocenters. The van der Waals surface area contributed by atoms with Gasteiger partial charge in [0.1, 0.15) is 11.5 Å². The van der Waals surface area contributed by atoms with Crippen molar-refractivity contribution in [3.05, 3.63) is 36.9 Å². The van der Waals surface area contributed by atoms with E-state index in [9.17, 15) is 4.79 Å². The quantitative estimate of drug-likeness (QED) is 0.416. The number of hydrogen-bond donors (Lipinski definition) is 0. The summed E-state index contributed by atoms with van der Waals surface area (Å²) in [4.78, 5) is 10.9. The third kappa shape index (κ3) is 2.94. The van der Waals surface area contributed by atoms with Crippen molar-refractivity contribution in [2.45, 2.75) is 6.92 Å². The van der Waals surface area contributed by atoms with Crippen LogP contribution in [0.3, 0.4) is 0 Å². The van der Waals surface area contributed by atoms with Crippen molar-refractivity contribution in [1.29, 1.82) is 0 Å². The lowest BCUT2D eigenvalue weighted by Gasteiger charge is -2.05. The second-order valence-corrected chi connectivity index (χ2v) is 2.53. The molecule has 1 rings (SSSR count). The molecular weight excluding hydrogens is 180 g/mol. The van der Waals surface area contributed by atoms with Crippen LogP contribution in [0.15, 0.2) is 36.9 Å². The van der Waals surface area contributed by atoms with Gasteiger partial charge in [0.25, 0.3) is 0 Å². The van der Waals surface area contributed by atoms with Gasteiger partial charge in [-0.3, -0.25) is 0 Å². The van der Waals surface area contributed by atoms with Crippen LogP contribution in [0, 0.1) is 0 Å². The topological polar surface area (TPSA) is 35.5 Å². The number of benzene rings is 1. The minimum Gasteiger partial charge on any atom is -0.494 e. The highest BCUT2D eigenvalue weighted by Gasteiger charge is 2.00. The molecule has 0 spiro atoms. The number of ether oxygens (including phenoxy) is 2. The number of carbonyl (C=O) groups is 1. The molecule has 0 aromatic heterocycles. The molecule has 3 heteroatoms. The van der Waals surface area contributed by atoms with Gasteiger partial charge in [-0.25, -0.2) is 4.79 Å². The highest BCUT2D eigenvalue weighted by Crippen LogP contribution is 2.19. The fourth-order valence-electron chi connectivity index (χ4n) is 0.952. The Bertz CT molecular complexity index is 331. The maximum Gasteiger partial charge on any atom is 0.335 e. The van der Waals surface area contributed by atoms with Crippen molar-refractivity contribution >= 4 is 5.97 Å². The second kappa shape index (κ2) is 5.07. The Labute approximate surface area is 83.0 Å². The maximum atomic E-state index is 10.9. The van der Waals surface area contributed by atoms with E-state index in [0.717, 1.165) is 6.08 Å². The van der Waals surface area contributed by atoms with E-state index in [0.29, 0.717) is 18.1 Å². The van der Waals surface area contributed by atoms with Gasteiger partial charge in [-0.05, 0) is 19.1 Å². The van der Waals surface area contributed by atoms with Gasteiger partial charge >= 0.3 is 5.97 Å². The Balaban J connectivity index is 2.72. The summed E-state index contributed by atoms with van der Waals surface area (Å²) in [6, 6.07) is 6.90. The SMILES string of the molecule is C=CC(=O)Oc1cccc(OCC)c1. The molecule has 0 N–H and O–H groups in total. The van der Waals surface area contributed by atoms with Crippen molar-refractivity contribution in [2.24, 2.45) is 0 Å². The fraction of sp³-hybridized carbons (Fsp3) is 0.182. The molecule has 0 aliphatic carbocycles. The summed E-state index contributed by atoms with van der Waals surface area (Å²) >= 11 is 0. The third-order valence-corrected chi connectivity index (χ3v) is 1.50. The number of hydrogen-bond acceptors (Lipinski definition) is 3. The van der Waals surface area contributed by atoms with Crippen LogP contribution in [0.4, 0.5) is 0 Å². The van der Waals surface area contributed by atoms with E-state index < -0.39 is 5.97 Å². The fourth-order valence-corrected chi connectivity index (χ4v) is 0.952. The van der Waals surface area contributed by atoms with Crippen molar-refractivity contribution in [3.8, 4) is 11.5 Å². The van der Waals surface area contributed by atoms with Crippen molar-refractivity contribution in [3.63, 3.8) is 0 Å². The standard InChI is InChI=1S/C11H12O3/c1-3-11(12)14-10-7-5-6-9(8-10)13-4-2/h3,5-8H,1,4H2,2H3. The summed E-state index contributed by atoms with van der Waals surface area (Å²) < 4.78 is 10.2. The van der Waals surface area contributed by atoms with Crippen LogP contribution in [0.5, 0.6) is 11.5 Å². The monoisotopic (exact) mass is 192 g/mol. The van der Waals surface area contributed by atoms with Crippen LogP contribution < -0.4 is 9.47 Å². The Hall–Kier alpha value is -1.77. The smallest absolute Gasteiger partial charge is 0.335 e. The summed E-state index contributed by atoms with van der Waals surface area (Å²) in [5.74, 6) is 0.668. The van der Waals surface area contributed by atoms with Gasteiger partial charge in [-0.15, -0.1) is 0 Å². The molecule has 0 radical (unpaired) electrons. The van der Waals surface area contributed by atoms with Gasteiger partial charge in [-0.2, -0.15) is 0 Å². The summed E-state index contributed by atoms with van der Waals surface area (Å²) in [5, 5.41) is 0. The van der Waals surface area contributed by atoms with E-state index in [1.54, 1.807) is 24.3 Å². The normalized spacial score (nSPS) is 9.21. The second-order valence-electron chi connectivity index (χ2n) is 2.53. The maximum absolute atomic E-state index is 10.9. The molecule has 0 aliphatic heterocycles. The third-order valence-electron chi connectivity index (χ3n) is 1.50. The lowest BCUT2D eigenvalue weighted by atomic mass is 10.3. The molecule has 0 aliphatic rings. The van der Waals surface area contributed by atoms with Gasteiger partial charge in [-0.1, -0.05) is 12.6 Å². The number of esters is 1. The van der Waals surface area contributed by atoms with Crippen LogP contribution in [-0.4, -0.2) is 12.6 Å². The van der Waals surface area contributed by atoms with E-state index in [4.69, 9.17) is 9.47 Å². The van der Waals surface area contributed by atoms with Gasteiger partial charge in [0.2, 0.25) is 0 Å². The zero-order valence-electron chi connectivity index (χ0n) is 8.03. The predicted octanol–water partition coefficient (Wildman–Crippen LogP) is 2.18. The highest BCUT2D eigenvalue weighted by molar-refractivity contribution is 5.83. The summed E-state index contributed by atoms with van der Waals surface area (Å²) in [6.45, 7) is 5.78. The Morgan fingerprint density at radius 3 is 2.86 bits per heavy atom. The molecular formula is C11H12O3. The molecule has 1 aromatic carbocycles. The molecule has 0 fully saturated rings. The molecule has 0 saturated carbocycles. The molecule has 3 nitrogen and oxygen atoms in total. The van der Waals surface area contributed by atoms with Crippen molar-refractivity contribution in [1.82, 2.24) is 0 Å². The van der Waals surface area contributed by atoms with E-state index in [1.165, 1.54) is 0 Å². The Kier molecular flexibility index (Phi) is 3.73. The number of carbonyl (C=O) groups excluding carboxylic acids is 1. The van der Waals surface area contributed by atoms with E-state index in [1.807, 2.05) is 6.92 Å². The van der Waals surface area contributed by atoms with E-state index in [-0.39, 0.29) is 0 Å². The molecule has 0 unspecified atom stereocenters. The summed E-state index contributed by atoms with van der Waals surface area (Å²) in [7, 11) is 0. The molecule has 0 heterocycles. The first-order chi connectivity index (χ1) is 6.76. The lowest BCUT2D eigenvalue weighted by Crippen LogP contribution is -2.03. The first kappa shape index (κ1) is 10.3. The average molecular weight is 192 g/mol. The molecule has 0 saturated heterocycles. The highest BCUT2D eigenvalue weighted by atomic mass is 16.5. The van der Waals surface area contributed by atoms with Crippen molar-refractivity contribution < 1.29 is 14.3 Å². The lowest BCUT2D eigenvalue weighted by molar-refractivity contribution is -0.128. The van der Waals surface area contributed by atoms with Gasteiger partial charge in [0, 0.05) is 12.1 Å². The molecule has 74 valence electrons. The van der Waals surface area contributed by atoms with Gasteiger partial charge in [0.05, 0.1) is 6.61 Å². The van der Waals surface area contributed by atoms with Crippen LogP contribution in [-0.2, 0) is 4.79 Å². The van der Waals surface area contributed by atoms with E-state index >= 15 is 0 Å². The van der Waals surface area contributed by atoms with Crippen LogP contribution in [0.1, 0.15) is 6.92 Å². The molecule has 1 aromatic rings. The van der Waals surface area contributed by atoms with Crippen molar-refractivity contribution in [2.75, 3.05) is 6.61 Å². The minimum absolute atomic E-state index is 0.459. The van der Waals surface area contributed by atoms with Crippen LogP contribution in [0.25, 0.3) is 0 Å². The van der Waals surface area contributed by atoms with E-state index in [2.05, 4.69) is 6.58 Å². The van der Waals surface area contributed by atoms with Crippen LogP contribution in [0.2, 0.25) is 0 Å².